The van der Waals surface area contributed by atoms with E-state index in [-0.39, 0.29) is 18.2 Å². The lowest BCUT2D eigenvalue weighted by Gasteiger charge is -2.18. The van der Waals surface area contributed by atoms with Crippen LogP contribution in [0.25, 0.3) is 16.5 Å². The van der Waals surface area contributed by atoms with Crippen molar-refractivity contribution in [3.8, 4) is 10.4 Å². The third-order valence-corrected chi connectivity index (χ3v) is 7.01. The van der Waals surface area contributed by atoms with Crippen LogP contribution in [0, 0.1) is 0 Å². The number of likely N-dealkylation sites (N-methyl/N-ethyl adjacent to an activating group) is 1. The highest BCUT2D eigenvalue weighted by atomic mass is 32.2. The standard InChI is InChI=1S/C18H16F3NO5S2/c1-22(9-13-10-27-13)29(25,26)15-7-11(6-12(8-15)18(19,20)21)16-4-2-14(28-16)3-5-17(23)24/h2-8,13H,9-10H2,1H3,(H,23,24)/t13-/m0/s1. The van der Waals surface area contributed by atoms with Crippen LogP contribution in [0.15, 0.2) is 41.3 Å². The van der Waals surface area contributed by atoms with Crippen molar-refractivity contribution in [1.82, 2.24) is 4.31 Å². The first-order valence-electron chi connectivity index (χ1n) is 8.28. The highest BCUT2D eigenvalue weighted by molar-refractivity contribution is 7.89. The van der Waals surface area contributed by atoms with Gasteiger partial charge in [0.05, 0.1) is 23.2 Å². The van der Waals surface area contributed by atoms with Crippen LogP contribution >= 0.6 is 11.3 Å². The summed E-state index contributed by atoms with van der Waals surface area (Å²) in [7, 11) is -2.87. The fourth-order valence-corrected chi connectivity index (χ4v) is 4.72. The van der Waals surface area contributed by atoms with Crippen molar-refractivity contribution in [2.24, 2.45) is 0 Å². The van der Waals surface area contributed by atoms with Crippen LogP contribution in [0.5, 0.6) is 0 Å². The van der Waals surface area contributed by atoms with Crippen LogP contribution in [0.1, 0.15) is 10.4 Å². The highest BCUT2D eigenvalue weighted by Gasteiger charge is 2.35. The number of rotatable bonds is 7. The Kier molecular flexibility index (Phi) is 5.86. The van der Waals surface area contributed by atoms with Gasteiger partial charge in [-0.2, -0.15) is 17.5 Å². The molecule has 0 radical (unpaired) electrons. The fourth-order valence-electron chi connectivity index (χ4n) is 2.54. The Labute approximate surface area is 168 Å². The van der Waals surface area contributed by atoms with Gasteiger partial charge in [-0.05, 0) is 42.0 Å². The van der Waals surface area contributed by atoms with Gasteiger partial charge in [0.25, 0.3) is 0 Å². The summed E-state index contributed by atoms with van der Waals surface area (Å²) in [5.74, 6) is -1.16. The summed E-state index contributed by atoms with van der Waals surface area (Å²) in [6.45, 7) is 0.465. The van der Waals surface area contributed by atoms with Crippen LogP contribution in [-0.2, 0) is 25.7 Å². The van der Waals surface area contributed by atoms with E-state index in [2.05, 4.69) is 0 Å². The van der Waals surface area contributed by atoms with Gasteiger partial charge in [0.1, 0.15) is 0 Å². The number of carboxylic acids is 1. The normalized spacial score (nSPS) is 17.2. The summed E-state index contributed by atoms with van der Waals surface area (Å²) in [6, 6.07) is 5.73. The molecule has 156 valence electrons. The average Bonchev–Trinajstić information content (AvgIpc) is 3.32. The number of carbonyl (C=O) groups is 1. The second kappa shape index (κ2) is 7.90. The number of nitrogens with zero attached hydrogens (tertiary/aromatic N) is 1. The Bertz CT molecular complexity index is 1060. The second-order valence-electron chi connectivity index (χ2n) is 6.36. The zero-order chi connectivity index (χ0) is 21.4. The maximum absolute atomic E-state index is 13.4. The number of halogens is 3. The van der Waals surface area contributed by atoms with E-state index in [0.29, 0.717) is 22.4 Å². The molecule has 6 nitrogen and oxygen atoms in total. The number of hydrogen-bond acceptors (Lipinski definition) is 5. The van der Waals surface area contributed by atoms with E-state index in [1.165, 1.54) is 25.3 Å². The summed E-state index contributed by atoms with van der Waals surface area (Å²) in [5, 5.41) is 8.68. The van der Waals surface area contributed by atoms with Gasteiger partial charge in [0.2, 0.25) is 10.0 Å². The molecule has 1 aliphatic heterocycles. The minimum Gasteiger partial charge on any atom is -0.478 e. The van der Waals surface area contributed by atoms with Crippen molar-refractivity contribution in [2.45, 2.75) is 17.2 Å². The van der Waals surface area contributed by atoms with Crippen LogP contribution in [0.3, 0.4) is 0 Å². The summed E-state index contributed by atoms with van der Waals surface area (Å²) in [4.78, 5) is 11.0. The zero-order valence-corrected chi connectivity index (χ0v) is 16.6. The molecule has 3 rings (SSSR count). The lowest BCUT2D eigenvalue weighted by molar-refractivity contribution is -0.137. The number of aliphatic carboxylic acids is 1. The smallest absolute Gasteiger partial charge is 0.416 e. The molecule has 1 fully saturated rings. The van der Waals surface area contributed by atoms with Gasteiger partial charge in [-0.3, -0.25) is 0 Å². The number of thiophene rings is 1. The van der Waals surface area contributed by atoms with E-state index in [9.17, 15) is 26.4 Å². The van der Waals surface area contributed by atoms with E-state index in [4.69, 9.17) is 9.84 Å². The van der Waals surface area contributed by atoms with Crippen molar-refractivity contribution in [2.75, 3.05) is 20.2 Å². The molecule has 1 aliphatic rings. The molecule has 0 bridgehead atoms. The monoisotopic (exact) mass is 447 g/mol. The Morgan fingerprint density at radius 3 is 2.62 bits per heavy atom. The molecule has 11 heteroatoms. The second-order valence-corrected chi connectivity index (χ2v) is 9.52. The van der Waals surface area contributed by atoms with Crippen LogP contribution in [0.4, 0.5) is 13.2 Å². The molecule has 1 aromatic heterocycles. The molecular formula is C18H16F3NO5S2. The molecule has 1 atom stereocenters. The summed E-state index contributed by atoms with van der Waals surface area (Å²) in [5.41, 5.74) is -1.00. The first-order chi connectivity index (χ1) is 13.5. The Hall–Kier alpha value is -2.21. The summed E-state index contributed by atoms with van der Waals surface area (Å²) >= 11 is 1.05. The van der Waals surface area contributed by atoms with Gasteiger partial charge >= 0.3 is 12.1 Å². The lowest BCUT2D eigenvalue weighted by atomic mass is 10.1. The molecule has 0 saturated carbocycles. The zero-order valence-electron chi connectivity index (χ0n) is 15.0. The lowest BCUT2D eigenvalue weighted by Crippen LogP contribution is -2.30. The molecule has 1 aromatic carbocycles. The minimum absolute atomic E-state index is 0.0526. The number of carboxylic acid groups (broad SMARTS) is 1. The highest BCUT2D eigenvalue weighted by Crippen LogP contribution is 2.37. The molecule has 1 saturated heterocycles. The van der Waals surface area contributed by atoms with Crippen molar-refractivity contribution in [3.63, 3.8) is 0 Å². The van der Waals surface area contributed by atoms with Crippen LogP contribution in [-0.4, -0.2) is 50.1 Å². The van der Waals surface area contributed by atoms with E-state index in [0.717, 1.165) is 27.8 Å². The number of sulfonamides is 1. The molecule has 29 heavy (non-hydrogen) atoms. The summed E-state index contributed by atoms with van der Waals surface area (Å²) < 4.78 is 71.7. The predicted octanol–water partition coefficient (Wildman–Crippen LogP) is 3.55. The Morgan fingerprint density at radius 1 is 1.34 bits per heavy atom. The maximum atomic E-state index is 13.4. The van der Waals surface area contributed by atoms with Gasteiger partial charge in [-0.25, -0.2) is 13.2 Å². The van der Waals surface area contributed by atoms with Gasteiger partial charge in [0.15, 0.2) is 0 Å². The Balaban J connectivity index is 2.03. The van der Waals surface area contributed by atoms with Crippen molar-refractivity contribution >= 4 is 33.4 Å². The predicted molar refractivity (Wildman–Crippen MR) is 101 cm³/mol. The molecule has 0 spiro atoms. The molecule has 1 N–H and O–H groups in total. The third-order valence-electron chi connectivity index (χ3n) is 4.11. The maximum Gasteiger partial charge on any atom is 0.416 e. The average molecular weight is 447 g/mol. The first-order valence-corrected chi connectivity index (χ1v) is 10.5. The van der Waals surface area contributed by atoms with E-state index < -0.39 is 32.6 Å². The minimum atomic E-state index is -4.73. The summed E-state index contributed by atoms with van der Waals surface area (Å²) in [6.07, 6.45) is -2.76. The van der Waals surface area contributed by atoms with Crippen molar-refractivity contribution in [3.05, 3.63) is 46.8 Å². The number of ether oxygens (including phenoxy) is 1. The number of benzene rings is 1. The van der Waals surface area contributed by atoms with Gasteiger partial charge in [0, 0.05) is 29.4 Å². The molecule has 0 unspecified atom stereocenters. The molecule has 0 aliphatic carbocycles. The van der Waals surface area contributed by atoms with Crippen molar-refractivity contribution in [1.29, 1.82) is 0 Å². The first kappa shape index (κ1) is 21.5. The molecule has 0 amide bonds. The van der Waals surface area contributed by atoms with Gasteiger partial charge < -0.3 is 9.84 Å². The Morgan fingerprint density at radius 2 is 2.03 bits per heavy atom. The molecular weight excluding hydrogens is 431 g/mol. The molecule has 2 aromatic rings. The topological polar surface area (TPSA) is 87.2 Å². The number of epoxide rings is 1. The molecule has 2 heterocycles. The quantitative estimate of drug-likeness (QED) is 0.518. The largest absolute Gasteiger partial charge is 0.478 e. The number of hydrogen-bond donors (Lipinski definition) is 1. The van der Waals surface area contributed by atoms with Crippen LogP contribution < -0.4 is 0 Å². The van der Waals surface area contributed by atoms with Gasteiger partial charge in [-0.1, -0.05) is 0 Å². The third kappa shape index (κ3) is 5.24. The van der Waals surface area contributed by atoms with E-state index >= 15 is 0 Å². The number of alkyl halides is 3. The fraction of sp³-hybridized carbons (Fsp3) is 0.278. The van der Waals surface area contributed by atoms with Crippen molar-refractivity contribution < 1.29 is 36.2 Å². The SMILES string of the molecule is CN(C[C@H]1CO1)S(=O)(=O)c1cc(-c2ccc(C=CC(=O)O)s2)cc(C(F)(F)F)c1. The van der Waals surface area contributed by atoms with Gasteiger partial charge in [-0.15, -0.1) is 11.3 Å². The van der Waals surface area contributed by atoms with Crippen LogP contribution in [0.2, 0.25) is 0 Å². The van der Waals surface area contributed by atoms with E-state index in [1.54, 1.807) is 6.07 Å². The van der Waals surface area contributed by atoms with E-state index in [1.807, 2.05) is 0 Å².